The maximum atomic E-state index is 9.25. The number of carbonyl (C=O) groups is 1. The minimum Gasteiger partial charge on any atom is -0.478 e. The van der Waals surface area contributed by atoms with Crippen molar-refractivity contribution in [3.05, 3.63) is 25.4 Å². The summed E-state index contributed by atoms with van der Waals surface area (Å²) in [5, 5.41) is 7.60. The third-order valence-electron chi connectivity index (χ3n) is 1.57. The fourth-order valence-corrected chi connectivity index (χ4v) is 0.924. The van der Waals surface area contributed by atoms with Gasteiger partial charge in [0.15, 0.2) is 0 Å². The minimum absolute atomic E-state index is 0.833. The molecule has 0 aliphatic carbocycles. The molecular weight excluding hydrogens is 154 g/mol. The molecule has 0 aromatic carbocycles. The Hall–Kier alpha value is -1.25. The summed E-state index contributed by atoms with van der Waals surface area (Å²) in [4.78, 5) is 11.5. The van der Waals surface area contributed by atoms with Crippen molar-refractivity contribution in [2.75, 3.05) is 13.1 Å². The summed E-state index contributed by atoms with van der Waals surface area (Å²) in [7, 11) is 0. The lowest BCUT2D eigenvalue weighted by atomic mass is 10.4. The predicted octanol–water partition coefficient (Wildman–Crippen LogP) is 1.48. The van der Waals surface area contributed by atoms with Gasteiger partial charge < -0.3 is 10.0 Å². The van der Waals surface area contributed by atoms with Crippen LogP contribution in [0.3, 0.4) is 0 Å². The number of nitrogens with zero attached hydrogens (tertiary/aromatic N) is 1. The molecule has 1 aliphatic heterocycles. The molecule has 1 rings (SSSR count). The third kappa shape index (κ3) is 5.53. The molecule has 68 valence electrons. The second kappa shape index (κ2) is 6.46. The van der Waals surface area contributed by atoms with Gasteiger partial charge in [-0.25, -0.2) is 4.79 Å². The molecule has 1 aliphatic rings. The Morgan fingerprint density at radius 3 is 1.92 bits per heavy atom. The highest BCUT2D eigenvalue weighted by atomic mass is 16.4. The van der Waals surface area contributed by atoms with Crippen molar-refractivity contribution in [2.45, 2.75) is 12.8 Å². The molecule has 0 bridgehead atoms. The van der Waals surface area contributed by atoms with Gasteiger partial charge in [-0.05, 0) is 19.0 Å². The fourth-order valence-electron chi connectivity index (χ4n) is 0.924. The molecule has 0 radical (unpaired) electrons. The Balaban J connectivity index is 0.000000217. The van der Waals surface area contributed by atoms with E-state index in [1.165, 1.54) is 25.9 Å². The van der Waals surface area contributed by atoms with Crippen molar-refractivity contribution in [1.29, 1.82) is 0 Å². The quantitative estimate of drug-likeness (QED) is 0.636. The van der Waals surface area contributed by atoms with Crippen molar-refractivity contribution < 1.29 is 9.90 Å². The second-order valence-electron chi connectivity index (χ2n) is 2.47. The predicted molar refractivity (Wildman–Crippen MR) is 48.8 cm³/mol. The molecule has 0 aromatic heterocycles. The van der Waals surface area contributed by atoms with Crippen LogP contribution in [0.25, 0.3) is 0 Å². The topological polar surface area (TPSA) is 40.5 Å². The van der Waals surface area contributed by atoms with Gasteiger partial charge in [0.05, 0.1) is 0 Å². The van der Waals surface area contributed by atoms with Crippen LogP contribution in [-0.4, -0.2) is 29.1 Å². The molecule has 3 nitrogen and oxygen atoms in total. The average molecular weight is 169 g/mol. The zero-order valence-electron chi connectivity index (χ0n) is 7.20. The number of hydrogen-bond acceptors (Lipinski definition) is 2. The molecule has 1 saturated heterocycles. The zero-order valence-corrected chi connectivity index (χ0v) is 7.20. The van der Waals surface area contributed by atoms with Gasteiger partial charge in [0, 0.05) is 19.2 Å². The number of carboxylic acid groups (broad SMARTS) is 1. The Kier molecular flexibility index (Phi) is 5.79. The van der Waals surface area contributed by atoms with Crippen molar-refractivity contribution >= 4 is 5.97 Å². The molecule has 0 atom stereocenters. The van der Waals surface area contributed by atoms with Crippen LogP contribution >= 0.6 is 0 Å². The van der Waals surface area contributed by atoms with E-state index in [2.05, 4.69) is 18.1 Å². The maximum Gasteiger partial charge on any atom is 0.327 e. The van der Waals surface area contributed by atoms with Crippen LogP contribution in [0.4, 0.5) is 0 Å². The van der Waals surface area contributed by atoms with Gasteiger partial charge in [-0.3, -0.25) is 0 Å². The SMILES string of the molecule is C=CC(=O)O.C=CN1CCCC1. The van der Waals surface area contributed by atoms with Gasteiger partial charge in [-0.15, -0.1) is 0 Å². The van der Waals surface area contributed by atoms with E-state index in [9.17, 15) is 4.79 Å². The minimum atomic E-state index is -0.981. The van der Waals surface area contributed by atoms with Crippen molar-refractivity contribution in [1.82, 2.24) is 4.90 Å². The summed E-state index contributed by atoms with van der Waals surface area (Å²) in [5.74, 6) is -0.981. The van der Waals surface area contributed by atoms with Crippen LogP contribution in [0.2, 0.25) is 0 Å². The highest BCUT2D eigenvalue weighted by Crippen LogP contribution is 2.05. The first-order valence-corrected chi connectivity index (χ1v) is 3.92. The lowest BCUT2D eigenvalue weighted by Crippen LogP contribution is -2.08. The van der Waals surface area contributed by atoms with Gasteiger partial charge in [-0.2, -0.15) is 0 Å². The van der Waals surface area contributed by atoms with Crippen LogP contribution in [0.15, 0.2) is 25.4 Å². The van der Waals surface area contributed by atoms with Crippen LogP contribution in [0, 0.1) is 0 Å². The summed E-state index contributed by atoms with van der Waals surface area (Å²) in [6, 6.07) is 0. The molecule has 3 heteroatoms. The first-order chi connectivity index (χ1) is 5.70. The van der Waals surface area contributed by atoms with E-state index in [4.69, 9.17) is 5.11 Å². The number of hydrogen-bond donors (Lipinski definition) is 1. The molecular formula is C9H15NO2. The summed E-state index contributed by atoms with van der Waals surface area (Å²) in [6.45, 7) is 9.08. The molecule has 0 unspecified atom stereocenters. The lowest BCUT2D eigenvalue weighted by molar-refractivity contribution is -0.131. The monoisotopic (exact) mass is 169 g/mol. The molecule has 1 fully saturated rings. The Bertz CT molecular complexity index is 160. The molecule has 12 heavy (non-hydrogen) atoms. The zero-order chi connectivity index (χ0) is 9.40. The number of likely N-dealkylation sites (tertiary alicyclic amines) is 1. The summed E-state index contributed by atoms with van der Waals surface area (Å²) in [5.41, 5.74) is 0. The molecule has 0 aromatic rings. The van der Waals surface area contributed by atoms with Crippen molar-refractivity contribution in [2.24, 2.45) is 0 Å². The molecule has 0 amide bonds. The molecule has 0 saturated carbocycles. The fraction of sp³-hybridized carbons (Fsp3) is 0.444. The van der Waals surface area contributed by atoms with Crippen LogP contribution in [-0.2, 0) is 4.79 Å². The van der Waals surface area contributed by atoms with Crippen LogP contribution < -0.4 is 0 Å². The van der Waals surface area contributed by atoms with E-state index in [0.717, 1.165) is 6.08 Å². The van der Waals surface area contributed by atoms with E-state index in [-0.39, 0.29) is 0 Å². The van der Waals surface area contributed by atoms with Gasteiger partial charge in [0.1, 0.15) is 0 Å². The first kappa shape index (κ1) is 10.8. The Morgan fingerprint density at radius 1 is 1.33 bits per heavy atom. The first-order valence-electron chi connectivity index (χ1n) is 3.92. The van der Waals surface area contributed by atoms with E-state index in [0.29, 0.717) is 0 Å². The van der Waals surface area contributed by atoms with Gasteiger partial charge >= 0.3 is 5.97 Å². The summed E-state index contributed by atoms with van der Waals surface area (Å²) >= 11 is 0. The standard InChI is InChI=1S/C6H11N.C3H4O2/c1-2-7-5-3-4-6-7;1-2-3(4)5/h2H,1,3-6H2;2H,1H2,(H,4,5). The number of aliphatic carboxylic acids is 1. The highest BCUT2D eigenvalue weighted by molar-refractivity contribution is 5.78. The van der Waals surface area contributed by atoms with Crippen LogP contribution in [0.5, 0.6) is 0 Å². The second-order valence-corrected chi connectivity index (χ2v) is 2.47. The third-order valence-corrected chi connectivity index (χ3v) is 1.57. The van der Waals surface area contributed by atoms with Crippen molar-refractivity contribution in [3.63, 3.8) is 0 Å². The van der Waals surface area contributed by atoms with E-state index >= 15 is 0 Å². The number of rotatable bonds is 2. The van der Waals surface area contributed by atoms with Gasteiger partial charge in [-0.1, -0.05) is 13.2 Å². The smallest absolute Gasteiger partial charge is 0.327 e. The molecule has 1 N–H and O–H groups in total. The Labute approximate surface area is 73.0 Å². The molecule has 1 heterocycles. The molecule has 0 spiro atoms. The van der Waals surface area contributed by atoms with E-state index in [1.807, 2.05) is 6.20 Å². The van der Waals surface area contributed by atoms with Crippen LogP contribution in [0.1, 0.15) is 12.8 Å². The van der Waals surface area contributed by atoms with E-state index in [1.54, 1.807) is 0 Å². The van der Waals surface area contributed by atoms with E-state index < -0.39 is 5.97 Å². The maximum absolute atomic E-state index is 9.25. The summed E-state index contributed by atoms with van der Waals surface area (Å²) < 4.78 is 0. The van der Waals surface area contributed by atoms with Gasteiger partial charge in [0.25, 0.3) is 0 Å². The lowest BCUT2D eigenvalue weighted by Gasteiger charge is -2.07. The van der Waals surface area contributed by atoms with Crippen molar-refractivity contribution in [3.8, 4) is 0 Å². The normalized spacial score (nSPS) is 14.5. The Morgan fingerprint density at radius 2 is 1.75 bits per heavy atom. The van der Waals surface area contributed by atoms with Gasteiger partial charge in [0.2, 0.25) is 0 Å². The average Bonchev–Trinajstić information content (AvgIpc) is 2.57. The largest absolute Gasteiger partial charge is 0.478 e. The summed E-state index contributed by atoms with van der Waals surface area (Å²) in [6.07, 6.45) is 5.46. The number of carboxylic acids is 1. The highest BCUT2D eigenvalue weighted by Gasteiger charge is 2.04.